The fraction of sp³-hybridized carbons (Fsp3) is 0.386. The summed E-state index contributed by atoms with van der Waals surface area (Å²) in [4.78, 5) is 92.7. The number of hydrogen-bond acceptors (Lipinski definition) is 18. The Morgan fingerprint density at radius 3 is 2.45 bits per heavy atom. The van der Waals surface area contributed by atoms with E-state index >= 15 is 0 Å². The minimum Gasteiger partial charge on any atom is -0.478 e. The van der Waals surface area contributed by atoms with Gasteiger partial charge in [0.1, 0.15) is 48.6 Å². The number of phosphoric acid groups is 2. The number of carboxylic acid groups (broad SMARTS) is 1. The van der Waals surface area contributed by atoms with Crippen molar-refractivity contribution in [2.24, 2.45) is 0 Å². The van der Waals surface area contributed by atoms with Crippen molar-refractivity contribution in [2.75, 3.05) is 56.5 Å². The molecule has 2 unspecified atom stereocenters. The molecule has 4 aliphatic rings. The number of fused-ring (bicyclic) bond motifs is 5. The summed E-state index contributed by atoms with van der Waals surface area (Å²) in [7, 11) is -11.3. The van der Waals surface area contributed by atoms with Crippen LogP contribution in [0.1, 0.15) is 75.9 Å². The molecule has 1 saturated heterocycles. The number of alkyl carbamates (subject to hydrolysis) is 1. The lowest BCUT2D eigenvalue weighted by Crippen LogP contribution is -2.41. The SMILES string of the molecule is CCN1CCCc2cc3c(cc21)Oc1cc2c(cc1=C3c1ccc(C(=O)NCCNC(=O)O[C@@H]3[C@H](O)[C@@H](COP(=O)(O)OP(=O)(O)OP(O)(O)=S)O[C@H]3n3cnc4c(N)ncnc43)cc1C(=O)O)CCC[N+]=2CC. The third-order valence-electron chi connectivity index (χ3n) is 12.8. The second-order valence-electron chi connectivity index (χ2n) is 17.4. The highest BCUT2D eigenvalue weighted by molar-refractivity contribution is 8.08. The summed E-state index contributed by atoms with van der Waals surface area (Å²) >= 11 is 4.09. The Labute approximate surface area is 425 Å². The summed E-state index contributed by atoms with van der Waals surface area (Å²) in [6, 6.07) is 12.7. The average Bonchev–Trinajstić information content (AvgIpc) is 3.91. The molecule has 2 aromatic heterocycles. The Morgan fingerprint density at radius 2 is 1.70 bits per heavy atom. The molecule has 0 spiro atoms. The van der Waals surface area contributed by atoms with Crippen LogP contribution in [0.4, 0.5) is 16.3 Å². The summed E-state index contributed by atoms with van der Waals surface area (Å²) < 4.78 is 58.9. The first-order chi connectivity index (χ1) is 35.1. The van der Waals surface area contributed by atoms with E-state index < -0.39 is 71.5 Å². The van der Waals surface area contributed by atoms with Gasteiger partial charge in [0.25, 0.3) is 5.91 Å². The second kappa shape index (κ2) is 21.1. The maximum atomic E-state index is 13.6. The Balaban J connectivity index is 0.914. The largest absolute Gasteiger partial charge is 0.488 e. The summed E-state index contributed by atoms with van der Waals surface area (Å²) in [6.07, 6.45) is -1.88. The predicted octanol–water partition coefficient (Wildman–Crippen LogP) is 1.93. The number of aryl methyl sites for hydroxylation is 2. The molecule has 5 aromatic rings. The first kappa shape index (κ1) is 53.1. The molecular weight excluding hydrogens is 1050 g/mol. The smallest absolute Gasteiger partial charge is 0.478 e. The number of benzene rings is 3. The molecule has 2 amide bonds. The number of aliphatic hydroxyl groups is 1. The first-order valence-electron chi connectivity index (χ1n) is 23.2. The van der Waals surface area contributed by atoms with Gasteiger partial charge in [-0.05, 0) is 80.3 Å². The summed E-state index contributed by atoms with van der Waals surface area (Å²) in [6.45, 7) is 1.30. The van der Waals surface area contributed by atoms with Gasteiger partial charge in [-0.1, -0.05) is 6.07 Å². The minimum absolute atomic E-state index is 0.0261. The molecule has 4 aliphatic heterocycles. The molecule has 10 N–H and O–H groups in total. The molecule has 394 valence electrons. The van der Waals surface area contributed by atoms with Gasteiger partial charge >= 0.3 is 34.4 Å². The van der Waals surface area contributed by atoms with Crippen molar-refractivity contribution >= 4 is 80.4 Å². The van der Waals surface area contributed by atoms with E-state index in [1.807, 2.05) is 12.1 Å². The van der Waals surface area contributed by atoms with Crippen LogP contribution in [0.15, 0.2) is 55.1 Å². The third-order valence-corrected chi connectivity index (χ3v) is 17.2. The number of anilines is 2. The molecule has 0 radical (unpaired) electrons. The van der Waals surface area contributed by atoms with E-state index in [1.165, 1.54) is 23.0 Å². The van der Waals surface area contributed by atoms with Crippen molar-refractivity contribution in [3.05, 3.63) is 99.1 Å². The molecule has 0 saturated carbocycles. The van der Waals surface area contributed by atoms with Gasteiger partial charge in [-0.3, -0.25) is 13.9 Å². The quantitative estimate of drug-likeness (QED) is 0.0358. The van der Waals surface area contributed by atoms with E-state index in [0.29, 0.717) is 22.6 Å². The number of amides is 2. The molecule has 1 fully saturated rings. The fourth-order valence-corrected chi connectivity index (χ4v) is 13.4. The number of nitrogens with one attached hydrogen (secondary N) is 2. The van der Waals surface area contributed by atoms with E-state index in [4.69, 9.17) is 24.5 Å². The van der Waals surface area contributed by atoms with Crippen LogP contribution < -0.4 is 41.2 Å². The second-order valence-corrected chi connectivity index (χ2v) is 23.3. The average molecular weight is 1100 g/mol. The Hall–Kier alpha value is -5.76. The number of ether oxygens (including phenoxy) is 3. The van der Waals surface area contributed by atoms with Crippen LogP contribution in [0.3, 0.4) is 0 Å². The van der Waals surface area contributed by atoms with Crippen molar-refractivity contribution in [1.29, 1.82) is 0 Å². The standard InChI is InChI=1S/C44H50N9O17P3S/c1-3-51-13-5-7-23-15-28-32(18-30(23)51)66-33-19-31-24(8-6-14-52(31)4-2)16-29(33)35(28)26-10-9-25(17-27(26)43(56)57)41(55)46-11-12-47-44(58)68-38-37(54)34(20-65-71(59,60)69-72(61,62)70-73(63,64)74)67-42(38)53-22-50-36-39(45)48-21-49-40(36)53/h9-10,15-19,21-22,34,37-38,42,54H,3-8,11-14,20H2,1-2H3,(H8-,45,46,47,48,49,55,56,57,58,59,60,61,62,63,64,74)/p+1/t34-,37-,38-,42-/m1/s1. The first-order valence-corrected chi connectivity index (χ1v) is 28.8. The third kappa shape index (κ3) is 11.1. The summed E-state index contributed by atoms with van der Waals surface area (Å²) in [5.74, 6) is -0.746. The van der Waals surface area contributed by atoms with Crippen LogP contribution in [0.5, 0.6) is 11.5 Å². The van der Waals surface area contributed by atoms with E-state index in [-0.39, 0.29) is 41.2 Å². The van der Waals surface area contributed by atoms with Crippen LogP contribution in [0.2, 0.25) is 0 Å². The molecule has 30 heteroatoms. The summed E-state index contributed by atoms with van der Waals surface area (Å²) in [5.41, 5.74) is 11.1. The lowest BCUT2D eigenvalue weighted by molar-refractivity contribution is -0.0522. The lowest BCUT2D eigenvalue weighted by Gasteiger charge is -2.32. The number of carbonyl (C=O) groups is 3. The molecule has 9 rings (SSSR count). The topological polar surface area (TPSA) is 362 Å². The number of aromatic nitrogens is 4. The van der Waals surface area contributed by atoms with Crippen molar-refractivity contribution in [1.82, 2.24) is 34.7 Å². The van der Waals surface area contributed by atoms with Crippen molar-refractivity contribution < 1.29 is 80.7 Å². The van der Waals surface area contributed by atoms with E-state index in [9.17, 15) is 53.3 Å². The number of nitrogen functional groups attached to an aromatic ring is 1. The van der Waals surface area contributed by atoms with Gasteiger partial charge in [-0.25, -0.2) is 42.6 Å². The monoisotopic (exact) mass is 1100 g/mol. The van der Waals surface area contributed by atoms with Crippen molar-refractivity contribution in [3.63, 3.8) is 0 Å². The number of nitrogens with zero attached hydrogens (tertiary/aromatic N) is 6. The van der Waals surface area contributed by atoms with Gasteiger partial charge in [0.05, 0.1) is 24.6 Å². The normalized spacial score (nSPS) is 20.8. The number of phosphoric ester groups is 1. The van der Waals surface area contributed by atoms with E-state index in [2.05, 4.69) is 81.5 Å². The number of carboxylic acids is 1. The zero-order valence-electron chi connectivity index (χ0n) is 39.5. The van der Waals surface area contributed by atoms with Gasteiger partial charge in [-0.15, -0.1) is 0 Å². The highest BCUT2D eigenvalue weighted by Gasteiger charge is 2.50. The van der Waals surface area contributed by atoms with Crippen LogP contribution in [-0.4, -0.2) is 131 Å². The molecule has 26 nitrogen and oxygen atoms in total. The van der Waals surface area contributed by atoms with Gasteiger partial charge in [0.2, 0.25) is 5.36 Å². The molecule has 74 heavy (non-hydrogen) atoms. The number of carbonyl (C=O) groups excluding carboxylic acids is 2. The Bertz CT molecular complexity index is 3380. The van der Waals surface area contributed by atoms with Crippen LogP contribution in [-0.2, 0) is 56.4 Å². The lowest BCUT2D eigenvalue weighted by atomic mass is 9.86. The van der Waals surface area contributed by atoms with Crippen LogP contribution >= 0.6 is 22.4 Å². The number of aromatic carboxylic acids is 1. The number of nitrogens with two attached hydrogens (primary N) is 1. The molecular formula is C44H51N9O17P3S+. The van der Waals surface area contributed by atoms with Crippen molar-refractivity contribution in [3.8, 4) is 11.5 Å². The molecule has 0 bridgehead atoms. The van der Waals surface area contributed by atoms with Gasteiger partial charge < -0.3 is 65.3 Å². The maximum Gasteiger partial charge on any atom is 0.488 e. The molecule has 6 heterocycles. The minimum atomic E-state index is -5.68. The van der Waals surface area contributed by atoms with Gasteiger partial charge in [-0.2, -0.15) is 4.31 Å². The van der Waals surface area contributed by atoms with E-state index in [0.717, 1.165) is 91.1 Å². The zero-order chi connectivity index (χ0) is 52.9. The highest BCUT2D eigenvalue weighted by atomic mass is 32.5. The zero-order valence-corrected chi connectivity index (χ0v) is 43.0. The number of hydrogen-bond donors (Lipinski definition) is 9. The number of rotatable bonds is 17. The summed E-state index contributed by atoms with van der Waals surface area (Å²) in [5, 5.41) is 29.0. The molecule has 6 atom stereocenters. The highest BCUT2D eigenvalue weighted by Crippen LogP contribution is 2.66. The van der Waals surface area contributed by atoms with Crippen molar-refractivity contribution in [2.45, 2.75) is 64.1 Å². The molecule has 3 aromatic carbocycles. The maximum absolute atomic E-state index is 13.6. The van der Waals surface area contributed by atoms with Crippen LogP contribution in [0.25, 0.3) is 16.7 Å². The Morgan fingerprint density at radius 1 is 0.932 bits per heavy atom. The van der Waals surface area contributed by atoms with Crippen LogP contribution in [0, 0.1) is 0 Å². The number of imidazole rings is 1. The fourth-order valence-electron chi connectivity index (χ4n) is 9.57. The van der Waals surface area contributed by atoms with Gasteiger partial charge in [0, 0.05) is 71.8 Å². The predicted molar refractivity (Wildman–Crippen MR) is 265 cm³/mol. The van der Waals surface area contributed by atoms with E-state index in [1.54, 1.807) is 6.07 Å². The number of aliphatic hydroxyl groups excluding tert-OH is 1. The van der Waals surface area contributed by atoms with Gasteiger partial charge in [0.15, 0.2) is 23.8 Å². The Kier molecular flexibility index (Phi) is 15.1. The molecule has 0 aliphatic carbocycles.